The number of piperidine rings is 1. The molecule has 1 amide bonds. The molecule has 2 aromatic heterocycles. The molecule has 10 heteroatoms. The van der Waals surface area contributed by atoms with Crippen LogP contribution in [0.25, 0.3) is 28.1 Å². The van der Waals surface area contributed by atoms with Crippen molar-refractivity contribution in [2.75, 3.05) is 18.0 Å². The van der Waals surface area contributed by atoms with Gasteiger partial charge in [0.2, 0.25) is 0 Å². The third-order valence-electron chi connectivity index (χ3n) is 6.37. The van der Waals surface area contributed by atoms with Crippen LogP contribution in [0.5, 0.6) is 0 Å². The molecule has 0 aliphatic carbocycles. The third kappa shape index (κ3) is 5.10. The zero-order chi connectivity index (χ0) is 25.9. The number of amides is 1. The molecule has 9 nitrogen and oxygen atoms in total. The number of nitrogens with one attached hydrogen (secondary N) is 1. The van der Waals surface area contributed by atoms with Crippen molar-refractivity contribution in [1.29, 1.82) is 0 Å². The predicted octanol–water partition coefficient (Wildman–Crippen LogP) is 3.67. The Morgan fingerprint density at radius 3 is 2.78 bits per heavy atom. The lowest BCUT2D eigenvalue weighted by Crippen LogP contribution is -2.49. The van der Waals surface area contributed by atoms with E-state index in [1.807, 2.05) is 12.1 Å². The second-order valence-corrected chi connectivity index (χ2v) is 8.93. The quantitative estimate of drug-likeness (QED) is 0.389. The number of aryl methyl sites for hydroxylation is 1. The fourth-order valence-electron chi connectivity index (χ4n) is 4.59. The zero-order valence-electron chi connectivity index (χ0n) is 20.1. The van der Waals surface area contributed by atoms with Crippen molar-refractivity contribution in [3.05, 3.63) is 77.9 Å². The SMILES string of the molecule is Cn1cc(-c2ccc(C(=O)N(c3nccc4cc(/C=C/C(=O)O)ccc34)[C@@H]3CCCNC3)c(F)c2)nn1. The minimum Gasteiger partial charge on any atom is -0.478 e. The first kappa shape index (κ1) is 24.3. The molecule has 4 aromatic rings. The van der Waals surface area contributed by atoms with Gasteiger partial charge in [-0.1, -0.05) is 23.4 Å². The van der Waals surface area contributed by atoms with Crippen LogP contribution in [0.3, 0.4) is 0 Å². The number of carbonyl (C=O) groups excluding carboxylic acids is 1. The van der Waals surface area contributed by atoms with Gasteiger partial charge < -0.3 is 10.4 Å². The maximum absolute atomic E-state index is 15.4. The monoisotopic (exact) mass is 500 g/mol. The van der Waals surface area contributed by atoms with Crippen molar-refractivity contribution in [2.45, 2.75) is 18.9 Å². The lowest BCUT2D eigenvalue weighted by Gasteiger charge is -2.34. The minimum atomic E-state index is -1.04. The molecule has 0 unspecified atom stereocenters. The van der Waals surface area contributed by atoms with Crippen molar-refractivity contribution < 1.29 is 19.1 Å². The van der Waals surface area contributed by atoms with Crippen LogP contribution < -0.4 is 10.2 Å². The Bertz CT molecular complexity index is 1510. The van der Waals surface area contributed by atoms with Crippen LogP contribution in [0.2, 0.25) is 0 Å². The number of carboxylic acids is 1. The van der Waals surface area contributed by atoms with Gasteiger partial charge in [0.15, 0.2) is 0 Å². The number of carboxylic acid groups (broad SMARTS) is 1. The molecule has 3 heterocycles. The largest absolute Gasteiger partial charge is 0.478 e. The molecule has 1 atom stereocenters. The van der Waals surface area contributed by atoms with E-state index in [0.29, 0.717) is 34.6 Å². The molecule has 0 saturated carbocycles. The van der Waals surface area contributed by atoms with E-state index >= 15 is 4.39 Å². The summed E-state index contributed by atoms with van der Waals surface area (Å²) in [5.41, 5.74) is 1.68. The standard InChI is InChI=1S/C27H25FN6O3/c1-33-16-24(31-32-33)19-6-8-22(23(28)14-19)27(37)34(20-3-2-11-29-15-20)26-21-7-4-17(5-9-25(35)36)13-18(21)10-12-30-26/h4-10,12-14,16,20,29H,2-3,11,15H2,1H3,(H,35,36)/b9-5+/t20-/m1/s1. The average Bonchev–Trinajstić information content (AvgIpc) is 3.34. The van der Waals surface area contributed by atoms with Gasteiger partial charge in [0.1, 0.15) is 17.3 Å². The first-order chi connectivity index (χ1) is 17.9. The highest BCUT2D eigenvalue weighted by Gasteiger charge is 2.31. The number of halogens is 1. The Kier molecular flexibility index (Phi) is 6.74. The molecule has 1 aliphatic heterocycles. The van der Waals surface area contributed by atoms with E-state index in [2.05, 4.69) is 20.6 Å². The summed E-state index contributed by atoms with van der Waals surface area (Å²) in [5.74, 6) is -1.73. The summed E-state index contributed by atoms with van der Waals surface area (Å²) in [7, 11) is 1.73. The molecule has 0 bridgehead atoms. The van der Waals surface area contributed by atoms with E-state index in [0.717, 1.165) is 30.8 Å². The number of benzene rings is 2. The van der Waals surface area contributed by atoms with Crippen LogP contribution in [0.4, 0.5) is 10.2 Å². The lowest BCUT2D eigenvalue weighted by atomic mass is 10.0. The van der Waals surface area contributed by atoms with Gasteiger partial charge in [0.05, 0.1) is 17.8 Å². The van der Waals surface area contributed by atoms with Crippen LogP contribution in [0.1, 0.15) is 28.8 Å². The Labute approximate surface area is 212 Å². The van der Waals surface area contributed by atoms with Crippen molar-refractivity contribution in [3.8, 4) is 11.3 Å². The molecule has 2 N–H and O–H groups in total. The van der Waals surface area contributed by atoms with Gasteiger partial charge in [0, 0.05) is 36.8 Å². The predicted molar refractivity (Wildman–Crippen MR) is 138 cm³/mol. The van der Waals surface area contributed by atoms with Crippen LogP contribution >= 0.6 is 0 Å². The molecule has 188 valence electrons. The van der Waals surface area contributed by atoms with Crippen molar-refractivity contribution in [2.24, 2.45) is 7.05 Å². The summed E-state index contributed by atoms with van der Waals surface area (Å²) in [5, 5.41) is 21.7. The molecule has 1 saturated heterocycles. The number of carbonyl (C=O) groups is 2. The van der Waals surface area contributed by atoms with Gasteiger partial charge in [-0.3, -0.25) is 14.4 Å². The number of hydrogen-bond acceptors (Lipinski definition) is 6. The topological polar surface area (TPSA) is 113 Å². The maximum atomic E-state index is 15.4. The number of hydrogen-bond donors (Lipinski definition) is 2. The van der Waals surface area contributed by atoms with Crippen LogP contribution in [0, 0.1) is 5.82 Å². The molecule has 37 heavy (non-hydrogen) atoms. The smallest absolute Gasteiger partial charge is 0.328 e. The number of anilines is 1. The molecular weight excluding hydrogens is 475 g/mol. The molecular formula is C27H25FN6O3. The van der Waals surface area contributed by atoms with Gasteiger partial charge in [-0.2, -0.15) is 0 Å². The Balaban J connectivity index is 1.56. The summed E-state index contributed by atoms with van der Waals surface area (Å²) >= 11 is 0. The highest BCUT2D eigenvalue weighted by atomic mass is 19.1. The number of fused-ring (bicyclic) bond motifs is 1. The van der Waals surface area contributed by atoms with Crippen LogP contribution in [-0.2, 0) is 11.8 Å². The Hall–Kier alpha value is -4.44. The fraction of sp³-hybridized carbons (Fsp3) is 0.222. The van der Waals surface area contributed by atoms with E-state index in [1.54, 1.807) is 42.5 Å². The Morgan fingerprint density at radius 1 is 1.22 bits per heavy atom. The van der Waals surface area contributed by atoms with Gasteiger partial charge in [-0.15, -0.1) is 5.10 Å². The molecule has 0 spiro atoms. The van der Waals surface area contributed by atoms with Gasteiger partial charge in [0.25, 0.3) is 5.91 Å². The molecule has 5 rings (SSSR count). The highest BCUT2D eigenvalue weighted by Crippen LogP contribution is 2.31. The minimum absolute atomic E-state index is 0.0574. The zero-order valence-corrected chi connectivity index (χ0v) is 20.1. The van der Waals surface area contributed by atoms with E-state index in [1.165, 1.54) is 22.9 Å². The second kappa shape index (κ2) is 10.3. The first-order valence-electron chi connectivity index (χ1n) is 11.9. The van der Waals surface area contributed by atoms with Crippen LogP contribution in [-0.4, -0.2) is 56.1 Å². The Morgan fingerprint density at radius 2 is 2.08 bits per heavy atom. The van der Waals surface area contributed by atoms with Crippen molar-refractivity contribution in [1.82, 2.24) is 25.3 Å². The van der Waals surface area contributed by atoms with E-state index in [4.69, 9.17) is 5.11 Å². The number of rotatable bonds is 6. The maximum Gasteiger partial charge on any atom is 0.328 e. The van der Waals surface area contributed by atoms with Crippen LogP contribution in [0.15, 0.2) is 60.9 Å². The van der Waals surface area contributed by atoms with Gasteiger partial charge in [-0.25, -0.2) is 14.2 Å². The summed E-state index contributed by atoms with van der Waals surface area (Å²) < 4.78 is 16.9. The van der Waals surface area contributed by atoms with Gasteiger partial charge >= 0.3 is 5.97 Å². The first-order valence-corrected chi connectivity index (χ1v) is 11.9. The lowest BCUT2D eigenvalue weighted by molar-refractivity contribution is -0.131. The number of pyridine rings is 1. The second-order valence-electron chi connectivity index (χ2n) is 8.93. The number of aliphatic carboxylic acids is 1. The summed E-state index contributed by atoms with van der Waals surface area (Å²) in [6, 6.07) is 11.4. The van der Waals surface area contributed by atoms with E-state index in [-0.39, 0.29) is 11.6 Å². The summed E-state index contributed by atoms with van der Waals surface area (Å²) in [6.45, 7) is 1.41. The molecule has 0 radical (unpaired) electrons. The normalized spacial score (nSPS) is 15.8. The summed E-state index contributed by atoms with van der Waals surface area (Å²) in [4.78, 5) is 31.0. The van der Waals surface area contributed by atoms with Crippen molar-refractivity contribution >= 4 is 34.5 Å². The number of aromatic nitrogens is 4. The van der Waals surface area contributed by atoms with E-state index in [9.17, 15) is 9.59 Å². The molecule has 2 aromatic carbocycles. The third-order valence-corrected chi connectivity index (χ3v) is 6.37. The van der Waals surface area contributed by atoms with Crippen molar-refractivity contribution in [3.63, 3.8) is 0 Å². The summed E-state index contributed by atoms with van der Waals surface area (Å²) in [6.07, 6.45) is 7.47. The highest BCUT2D eigenvalue weighted by molar-refractivity contribution is 6.10. The molecule has 1 fully saturated rings. The average molecular weight is 501 g/mol. The van der Waals surface area contributed by atoms with E-state index < -0.39 is 17.7 Å². The van der Waals surface area contributed by atoms with Gasteiger partial charge in [-0.05, 0) is 60.7 Å². The number of nitrogens with zero attached hydrogens (tertiary/aromatic N) is 5. The molecule has 1 aliphatic rings. The fourth-order valence-corrected chi connectivity index (χ4v) is 4.59.